The van der Waals surface area contributed by atoms with E-state index in [0.717, 1.165) is 30.3 Å². The Morgan fingerprint density at radius 2 is 1.78 bits per heavy atom. The molecule has 0 aliphatic carbocycles. The van der Waals surface area contributed by atoms with Crippen molar-refractivity contribution in [1.82, 2.24) is 0 Å². The highest BCUT2D eigenvalue weighted by molar-refractivity contribution is 7.99. The number of halogens is 3. The van der Waals surface area contributed by atoms with Crippen LogP contribution in [0.3, 0.4) is 0 Å². The maximum absolute atomic E-state index is 12.2. The van der Waals surface area contributed by atoms with Gasteiger partial charge in [-0.3, -0.25) is 0 Å². The molecule has 0 saturated heterocycles. The zero-order valence-corrected chi connectivity index (χ0v) is 11.4. The second kappa shape index (κ2) is 6.92. The van der Waals surface area contributed by atoms with Crippen LogP contribution < -0.4 is 5.32 Å². The molecule has 0 saturated carbocycles. The number of anilines is 1. The molecule has 18 heavy (non-hydrogen) atoms. The minimum Gasteiger partial charge on any atom is -0.381 e. The highest BCUT2D eigenvalue weighted by atomic mass is 32.2. The summed E-state index contributed by atoms with van der Waals surface area (Å²) < 4.78 is 36.7. The van der Waals surface area contributed by atoms with Gasteiger partial charge in [-0.2, -0.15) is 13.2 Å². The predicted molar refractivity (Wildman–Crippen MR) is 71.2 cm³/mol. The van der Waals surface area contributed by atoms with E-state index in [1.54, 1.807) is 12.1 Å². The zero-order chi connectivity index (χ0) is 13.6. The van der Waals surface area contributed by atoms with Crippen molar-refractivity contribution in [3.63, 3.8) is 0 Å². The Morgan fingerprint density at radius 3 is 2.33 bits per heavy atom. The molecule has 1 aromatic rings. The van der Waals surface area contributed by atoms with Crippen LogP contribution >= 0.6 is 11.8 Å². The molecular formula is C13H18F3NS. The van der Waals surface area contributed by atoms with E-state index >= 15 is 0 Å². The number of alkyl halides is 3. The molecule has 0 bridgehead atoms. The Kier molecular flexibility index (Phi) is 5.85. The van der Waals surface area contributed by atoms with Crippen LogP contribution in [0.4, 0.5) is 18.9 Å². The molecule has 0 spiro atoms. The Hall–Kier alpha value is -0.840. The summed E-state index contributed by atoms with van der Waals surface area (Å²) in [7, 11) is 0. The van der Waals surface area contributed by atoms with Crippen molar-refractivity contribution in [3.8, 4) is 0 Å². The summed E-state index contributed by atoms with van der Waals surface area (Å²) in [4.78, 5) is 0.654. The molecule has 1 N–H and O–H groups in total. The minimum atomic E-state index is -4.13. The fourth-order valence-corrected chi connectivity index (χ4v) is 2.36. The molecule has 0 aromatic heterocycles. The first-order valence-electron chi connectivity index (χ1n) is 6.01. The van der Waals surface area contributed by atoms with Crippen molar-refractivity contribution in [1.29, 1.82) is 0 Å². The van der Waals surface area contributed by atoms with E-state index < -0.39 is 11.9 Å². The molecule has 0 aliphatic rings. The fraction of sp³-hybridized carbons (Fsp3) is 0.538. The molecule has 0 atom stereocenters. The summed E-state index contributed by atoms with van der Waals surface area (Å²) in [6.07, 6.45) is -2.23. The zero-order valence-electron chi connectivity index (χ0n) is 10.6. The van der Waals surface area contributed by atoms with Crippen LogP contribution in [0, 0.1) is 0 Å². The van der Waals surface area contributed by atoms with Crippen LogP contribution in [0.2, 0.25) is 0 Å². The van der Waals surface area contributed by atoms with Gasteiger partial charge in [-0.15, -0.1) is 11.8 Å². The third kappa shape index (κ3) is 5.21. The standard InChI is InChI=1S/C13H18F3NS/c1-3-10(4-2)17-11-7-5-6-8-12(11)18-9-13(14,15)16/h5-8,10,17H,3-4,9H2,1-2H3. The third-order valence-corrected chi connectivity index (χ3v) is 3.76. The molecule has 0 radical (unpaired) electrons. The number of thioether (sulfide) groups is 1. The van der Waals surface area contributed by atoms with Gasteiger partial charge in [0, 0.05) is 16.6 Å². The summed E-state index contributed by atoms with van der Waals surface area (Å²) in [5, 5.41) is 3.30. The van der Waals surface area contributed by atoms with E-state index in [9.17, 15) is 13.2 Å². The van der Waals surface area contributed by atoms with Crippen molar-refractivity contribution in [2.24, 2.45) is 0 Å². The van der Waals surface area contributed by atoms with Crippen LogP contribution in [0.5, 0.6) is 0 Å². The Bertz CT molecular complexity index is 361. The van der Waals surface area contributed by atoms with E-state index in [0.29, 0.717) is 10.9 Å². The topological polar surface area (TPSA) is 12.0 Å². The lowest BCUT2D eigenvalue weighted by molar-refractivity contribution is -0.105. The smallest absolute Gasteiger partial charge is 0.381 e. The average Bonchev–Trinajstić information content (AvgIpc) is 2.33. The quantitative estimate of drug-likeness (QED) is 0.739. The van der Waals surface area contributed by atoms with Crippen molar-refractivity contribution in [3.05, 3.63) is 24.3 Å². The van der Waals surface area contributed by atoms with Gasteiger partial charge in [0.1, 0.15) is 0 Å². The molecule has 0 unspecified atom stereocenters. The van der Waals surface area contributed by atoms with Crippen molar-refractivity contribution >= 4 is 17.4 Å². The van der Waals surface area contributed by atoms with Gasteiger partial charge >= 0.3 is 6.18 Å². The van der Waals surface area contributed by atoms with Crippen LogP contribution in [0.15, 0.2) is 29.2 Å². The highest BCUT2D eigenvalue weighted by Gasteiger charge is 2.27. The Morgan fingerprint density at radius 1 is 1.17 bits per heavy atom. The van der Waals surface area contributed by atoms with Crippen LogP contribution in [-0.2, 0) is 0 Å². The van der Waals surface area contributed by atoms with Gasteiger partial charge in [-0.1, -0.05) is 26.0 Å². The fourth-order valence-electron chi connectivity index (χ4n) is 1.58. The molecule has 5 heteroatoms. The molecule has 0 amide bonds. The summed E-state index contributed by atoms with van der Waals surface area (Å²) in [5.74, 6) is -0.853. The monoisotopic (exact) mass is 277 g/mol. The largest absolute Gasteiger partial charge is 0.398 e. The van der Waals surface area contributed by atoms with Crippen LogP contribution in [-0.4, -0.2) is 18.0 Å². The summed E-state index contributed by atoms with van der Waals surface area (Å²) in [6.45, 7) is 4.12. The summed E-state index contributed by atoms with van der Waals surface area (Å²) >= 11 is 0.829. The van der Waals surface area contributed by atoms with Crippen LogP contribution in [0.25, 0.3) is 0 Å². The van der Waals surface area contributed by atoms with Crippen molar-refractivity contribution < 1.29 is 13.2 Å². The Labute approximate surface area is 110 Å². The van der Waals surface area contributed by atoms with E-state index in [1.807, 2.05) is 12.1 Å². The van der Waals surface area contributed by atoms with E-state index in [1.165, 1.54) is 0 Å². The SMILES string of the molecule is CCC(CC)Nc1ccccc1SCC(F)(F)F. The lowest BCUT2D eigenvalue weighted by Crippen LogP contribution is -2.17. The minimum absolute atomic E-state index is 0.303. The second-order valence-corrected chi connectivity index (χ2v) is 5.07. The first-order valence-corrected chi connectivity index (χ1v) is 7.00. The van der Waals surface area contributed by atoms with Gasteiger partial charge in [0.15, 0.2) is 0 Å². The van der Waals surface area contributed by atoms with Gasteiger partial charge in [0.05, 0.1) is 5.75 Å². The van der Waals surface area contributed by atoms with Gasteiger partial charge < -0.3 is 5.32 Å². The van der Waals surface area contributed by atoms with Gasteiger partial charge in [0.2, 0.25) is 0 Å². The summed E-state index contributed by atoms with van der Waals surface area (Å²) in [5.41, 5.74) is 0.792. The first kappa shape index (κ1) is 15.2. The number of hydrogen-bond acceptors (Lipinski definition) is 2. The highest BCUT2D eigenvalue weighted by Crippen LogP contribution is 2.32. The normalized spacial score (nSPS) is 11.9. The molecule has 0 heterocycles. The molecule has 1 aromatic carbocycles. The average molecular weight is 277 g/mol. The third-order valence-electron chi connectivity index (χ3n) is 2.62. The van der Waals surface area contributed by atoms with E-state index in [-0.39, 0.29) is 0 Å². The molecule has 1 rings (SSSR count). The second-order valence-electron chi connectivity index (χ2n) is 4.06. The predicted octanol–water partition coefficient (Wildman–Crippen LogP) is 4.94. The summed E-state index contributed by atoms with van der Waals surface area (Å²) in [6, 6.07) is 7.45. The maximum Gasteiger partial charge on any atom is 0.398 e. The van der Waals surface area contributed by atoms with E-state index in [2.05, 4.69) is 19.2 Å². The lowest BCUT2D eigenvalue weighted by Gasteiger charge is -2.19. The van der Waals surface area contributed by atoms with Crippen LogP contribution in [0.1, 0.15) is 26.7 Å². The Balaban J connectivity index is 2.73. The lowest BCUT2D eigenvalue weighted by atomic mass is 10.1. The first-order chi connectivity index (χ1) is 8.46. The number of benzene rings is 1. The van der Waals surface area contributed by atoms with Gasteiger partial charge in [-0.05, 0) is 25.0 Å². The molecule has 1 nitrogen and oxygen atoms in total. The van der Waals surface area contributed by atoms with Crippen molar-refractivity contribution in [2.45, 2.75) is 43.8 Å². The number of nitrogens with one attached hydrogen (secondary N) is 1. The van der Waals surface area contributed by atoms with Crippen molar-refractivity contribution in [2.75, 3.05) is 11.1 Å². The number of hydrogen-bond donors (Lipinski definition) is 1. The molecular weight excluding hydrogens is 259 g/mol. The number of rotatable bonds is 6. The van der Waals surface area contributed by atoms with E-state index in [4.69, 9.17) is 0 Å². The van der Waals surface area contributed by atoms with Gasteiger partial charge in [-0.25, -0.2) is 0 Å². The number of para-hydroxylation sites is 1. The molecule has 0 fully saturated rings. The molecule has 102 valence electrons. The molecule has 0 aliphatic heterocycles. The van der Waals surface area contributed by atoms with Gasteiger partial charge in [0.25, 0.3) is 0 Å². The maximum atomic E-state index is 12.2.